The molecule has 0 radical (unpaired) electrons. The van der Waals surface area contributed by atoms with Gasteiger partial charge in [-0.3, -0.25) is 9.59 Å². The van der Waals surface area contributed by atoms with Crippen molar-refractivity contribution >= 4 is 35.0 Å². The average Bonchev–Trinajstić information content (AvgIpc) is 2.69. The zero-order chi connectivity index (χ0) is 22.3. The monoisotopic (exact) mass is 450 g/mol. The van der Waals surface area contributed by atoms with Crippen LogP contribution >= 0.6 is 23.2 Å². The van der Waals surface area contributed by atoms with Gasteiger partial charge in [-0.15, -0.1) is 0 Å². The van der Waals surface area contributed by atoms with E-state index < -0.39 is 6.04 Å². The molecule has 0 aliphatic carbocycles. The van der Waals surface area contributed by atoms with Crippen LogP contribution < -0.4 is 10.1 Å². The molecule has 162 valence electrons. The Morgan fingerprint density at radius 2 is 1.70 bits per heavy atom. The second kappa shape index (κ2) is 11.2. The van der Waals surface area contributed by atoms with Crippen LogP contribution in [0.25, 0.3) is 0 Å². The molecule has 1 atom stereocenters. The number of carbonyl (C=O) groups is 2. The quantitative estimate of drug-likeness (QED) is 0.592. The van der Waals surface area contributed by atoms with Gasteiger partial charge in [-0.25, -0.2) is 0 Å². The van der Waals surface area contributed by atoms with Gasteiger partial charge in [0.15, 0.2) is 6.61 Å². The van der Waals surface area contributed by atoms with E-state index in [2.05, 4.69) is 5.32 Å². The molecule has 0 fully saturated rings. The summed E-state index contributed by atoms with van der Waals surface area (Å²) in [5, 5.41) is 3.75. The lowest BCUT2D eigenvalue weighted by Gasteiger charge is -2.29. The topological polar surface area (TPSA) is 58.6 Å². The molecule has 0 aliphatic rings. The van der Waals surface area contributed by atoms with Gasteiger partial charge in [0.25, 0.3) is 5.91 Å². The summed E-state index contributed by atoms with van der Waals surface area (Å²) in [5.74, 6) is 0.319. The van der Waals surface area contributed by atoms with Gasteiger partial charge in [0.1, 0.15) is 11.8 Å². The predicted molar refractivity (Wildman–Crippen MR) is 121 cm³/mol. The predicted octanol–water partition coefficient (Wildman–Crippen LogP) is 4.87. The molecule has 0 bridgehead atoms. The first kappa shape index (κ1) is 24.0. The molecule has 2 rings (SSSR count). The molecule has 0 unspecified atom stereocenters. The van der Waals surface area contributed by atoms with E-state index in [0.717, 1.165) is 5.56 Å². The maximum atomic E-state index is 13.0. The van der Waals surface area contributed by atoms with Gasteiger partial charge >= 0.3 is 0 Å². The largest absolute Gasteiger partial charge is 0.484 e. The molecule has 0 saturated heterocycles. The number of hydrogen-bond donors (Lipinski definition) is 1. The number of rotatable bonds is 9. The fourth-order valence-corrected chi connectivity index (χ4v) is 3.34. The van der Waals surface area contributed by atoms with Crippen molar-refractivity contribution in [1.29, 1.82) is 0 Å². The summed E-state index contributed by atoms with van der Waals surface area (Å²) >= 11 is 12.6. The Hall–Kier alpha value is -2.24. The Morgan fingerprint density at radius 3 is 2.30 bits per heavy atom. The highest BCUT2D eigenvalue weighted by Gasteiger charge is 2.27. The van der Waals surface area contributed by atoms with Crippen LogP contribution in [0.1, 0.15) is 31.9 Å². The summed E-state index contributed by atoms with van der Waals surface area (Å²) in [6.07, 6.45) is 0. The lowest BCUT2D eigenvalue weighted by atomic mass is 10.1. The van der Waals surface area contributed by atoms with Gasteiger partial charge in [-0.1, -0.05) is 55.2 Å². The van der Waals surface area contributed by atoms with Crippen molar-refractivity contribution in [3.05, 3.63) is 63.6 Å². The van der Waals surface area contributed by atoms with Crippen LogP contribution in [0.15, 0.2) is 42.5 Å². The fourth-order valence-electron chi connectivity index (χ4n) is 2.82. The molecular formula is C23H28Cl2N2O3. The highest BCUT2D eigenvalue weighted by molar-refractivity contribution is 6.36. The molecule has 2 amide bonds. The van der Waals surface area contributed by atoms with E-state index in [1.807, 2.05) is 39.0 Å². The number of nitrogens with zero attached hydrogens (tertiary/aromatic N) is 1. The van der Waals surface area contributed by atoms with Crippen molar-refractivity contribution in [3.63, 3.8) is 0 Å². The maximum Gasteiger partial charge on any atom is 0.261 e. The zero-order valence-corrected chi connectivity index (χ0v) is 19.3. The summed E-state index contributed by atoms with van der Waals surface area (Å²) in [6.45, 7) is 8.07. The summed E-state index contributed by atoms with van der Waals surface area (Å²) in [5.41, 5.74) is 1.62. The van der Waals surface area contributed by atoms with Crippen molar-refractivity contribution < 1.29 is 14.3 Å². The molecule has 1 N–H and O–H groups in total. The molecule has 0 aliphatic heterocycles. The number of halogens is 2. The van der Waals surface area contributed by atoms with Crippen molar-refractivity contribution in [2.75, 3.05) is 13.2 Å². The minimum absolute atomic E-state index is 0.102. The normalized spacial score (nSPS) is 11.8. The van der Waals surface area contributed by atoms with Crippen molar-refractivity contribution in [2.45, 2.75) is 40.3 Å². The Bertz CT molecular complexity index is 866. The minimum atomic E-state index is -0.718. The highest BCUT2D eigenvalue weighted by atomic mass is 35.5. The standard InChI is InChI=1S/C23H28Cl2N2O3/c1-15(2)12-26-23(29)17(4)27(13-19-20(24)9-6-10-21(19)25)22(28)14-30-18-8-5-7-16(3)11-18/h5-11,15,17H,12-14H2,1-4H3,(H,26,29)/t17-/m0/s1. The molecule has 30 heavy (non-hydrogen) atoms. The number of nitrogens with one attached hydrogen (secondary N) is 1. The Morgan fingerprint density at radius 1 is 1.07 bits per heavy atom. The molecule has 0 heterocycles. The van der Waals surface area contributed by atoms with Crippen molar-refractivity contribution in [3.8, 4) is 5.75 Å². The van der Waals surface area contributed by atoms with E-state index in [4.69, 9.17) is 27.9 Å². The third-order valence-electron chi connectivity index (χ3n) is 4.59. The van der Waals surface area contributed by atoms with Crippen LogP contribution in [-0.2, 0) is 16.1 Å². The van der Waals surface area contributed by atoms with Gasteiger partial charge < -0.3 is 15.0 Å². The molecule has 0 aromatic heterocycles. The first-order chi connectivity index (χ1) is 14.2. The SMILES string of the molecule is Cc1cccc(OCC(=O)N(Cc2c(Cl)cccc2Cl)[C@@H](C)C(=O)NCC(C)C)c1. The fraction of sp³-hybridized carbons (Fsp3) is 0.391. The Balaban J connectivity index is 2.20. The van der Waals surface area contributed by atoms with E-state index in [-0.39, 0.29) is 25.0 Å². The first-order valence-electron chi connectivity index (χ1n) is 9.88. The summed E-state index contributed by atoms with van der Waals surface area (Å²) in [6, 6.07) is 11.9. The number of amides is 2. The smallest absolute Gasteiger partial charge is 0.261 e. The van der Waals surface area contributed by atoms with E-state index in [0.29, 0.717) is 33.8 Å². The minimum Gasteiger partial charge on any atom is -0.484 e. The molecule has 2 aromatic rings. The van der Waals surface area contributed by atoms with Gasteiger partial charge in [0, 0.05) is 28.7 Å². The molecule has 5 nitrogen and oxygen atoms in total. The molecule has 0 saturated carbocycles. The van der Waals surface area contributed by atoms with Crippen LogP contribution in [-0.4, -0.2) is 35.9 Å². The van der Waals surface area contributed by atoms with Crippen molar-refractivity contribution in [1.82, 2.24) is 10.2 Å². The number of ether oxygens (including phenoxy) is 1. The van der Waals surface area contributed by atoms with Crippen molar-refractivity contribution in [2.24, 2.45) is 5.92 Å². The van der Waals surface area contributed by atoms with Gasteiger partial charge in [-0.2, -0.15) is 0 Å². The van der Waals surface area contributed by atoms with Crippen LogP contribution in [0, 0.1) is 12.8 Å². The Labute approximate surface area is 188 Å². The zero-order valence-electron chi connectivity index (χ0n) is 17.7. The molecule has 0 spiro atoms. The third kappa shape index (κ3) is 6.92. The van der Waals surface area contributed by atoms with Crippen LogP contribution in [0.4, 0.5) is 0 Å². The summed E-state index contributed by atoms with van der Waals surface area (Å²) in [4.78, 5) is 27.2. The van der Waals surface area contributed by atoms with Gasteiger partial charge in [0.2, 0.25) is 5.91 Å². The molecular weight excluding hydrogens is 423 g/mol. The van der Waals surface area contributed by atoms with Crippen LogP contribution in [0.5, 0.6) is 5.75 Å². The Kier molecular flexibility index (Phi) is 9.00. The molecule has 2 aromatic carbocycles. The summed E-state index contributed by atoms with van der Waals surface area (Å²) < 4.78 is 5.67. The third-order valence-corrected chi connectivity index (χ3v) is 5.30. The van der Waals surface area contributed by atoms with E-state index in [1.54, 1.807) is 31.2 Å². The highest BCUT2D eigenvalue weighted by Crippen LogP contribution is 2.26. The second-order valence-corrected chi connectivity index (χ2v) is 8.46. The molecule has 7 heteroatoms. The van der Waals surface area contributed by atoms with E-state index in [1.165, 1.54) is 4.90 Å². The number of hydrogen-bond acceptors (Lipinski definition) is 3. The number of carbonyl (C=O) groups excluding carboxylic acids is 2. The van der Waals surface area contributed by atoms with E-state index >= 15 is 0 Å². The van der Waals surface area contributed by atoms with Crippen LogP contribution in [0.2, 0.25) is 10.0 Å². The lowest BCUT2D eigenvalue weighted by Crippen LogP contribution is -2.49. The van der Waals surface area contributed by atoms with Crippen LogP contribution in [0.3, 0.4) is 0 Å². The van der Waals surface area contributed by atoms with Gasteiger partial charge in [0.05, 0.1) is 0 Å². The second-order valence-electron chi connectivity index (χ2n) is 7.64. The maximum absolute atomic E-state index is 13.0. The lowest BCUT2D eigenvalue weighted by molar-refractivity contribution is -0.142. The summed E-state index contributed by atoms with van der Waals surface area (Å²) in [7, 11) is 0. The number of benzene rings is 2. The van der Waals surface area contributed by atoms with E-state index in [9.17, 15) is 9.59 Å². The average molecular weight is 451 g/mol. The van der Waals surface area contributed by atoms with Gasteiger partial charge in [-0.05, 0) is 49.6 Å². The number of aryl methyl sites for hydroxylation is 1. The first-order valence-corrected chi connectivity index (χ1v) is 10.6.